The van der Waals surface area contributed by atoms with Crippen molar-refractivity contribution in [3.63, 3.8) is 0 Å². The summed E-state index contributed by atoms with van der Waals surface area (Å²) < 4.78 is 66.7. The fraction of sp³-hybridized carbons (Fsp3) is 0. The molecule has 0 aliphatic carbocycles. The lowest BCUT2D eigenvalue weighted by Gasteiger charge is -2.09. The number of benzene rings is 2. The number of nitriles is 1. The zero-order valence-electron chi connectivity index (χ0n) is 10.0. The van der Waals surface area contributed by atoms with Gasteiger partial charge in [-0.25, -0.2) is 26.8 Å². The average molecular weight is 294 g/mol. The second kappa shape index (κ2) is 5.22. The molecular formula is C14H3F5N2. The molecule has 104 valence electrons. The van der Waals surface area contributed by atoms with Gasteiger partial charge in [0.25, 0.3) is 0 Å². The highest BCUT2D eigenvalue weighted by Gasteiger charge is 2.26. The summed E-state index contributed by atoms with van der Waals surface area (Å²) in [5, 5.41) is 8.77. The van der Waals surface area contributed by atoms with Gasteiger partial charge in [0.1, 0.15) is 0 Å². The minimum absolute atomic E-state index is 0.137. The van der Waals surface area contributed by atoms with Crippen molar-refractivity contribution in [2.75, 3.05) is 0 Å². The van der Waals surface area contributed by atoms with Crippen molar-refractivity contribution in [1.82, 2.24) is 0 Å². The standard InChI is InChI=1S/C14H3F5N2/c1-21-8-3-6(5-20)2-7(4-8)9-10(15)12(17)14(19)13(18)11(9)16/h2-4H. The maximum Gasteiger partial charge on any atom is 0.200 e. The van der Waals surface area contributed by atoms with Gasteiger partial charge in [0.05, 0.1) is 18.2 Å². The van der Waals surface area contributed by atoms with Crippen LogP contribution in [0.15, 0.2) is 18.2 Å². The van der Waals surface area contributed by atoms with Crippen molar-refractivity contribution in [1.29, 1.82) is 5.26 Å². The molecule has 0 N–H and O–H groups in total. The Hall–Kier alpha value is -2.93. The third-order valence-corrected chi connectivity index (χ3v) is 2.67. The van der Waals surface area contributed by atoms with Crippen LogP contribution in [0.1, 0.15) is 5.56 Å². The minimum atomic E-state index is -2.27. The minimum Gasteiger partial charge on any atom is -0.238 e. The molecule has 0 amide bonds. The predicted molar refractivity (Wildman–Crippen MR) is 62.6 cm³/mol. The summed E-state index contributed by atoms with van der Waals surface area (Å²) in [5.41, 5.74) is -1.91. The average Bonchev–Trinajstić information content (AvgIpc) is 2.50. The van der Waals surface area contributed by atoms with Gasteiger partial charge in [0.2, 0.25) is 5.82 Å². The van der Waals surface area contributed by atoms with E-state index in [-0.39, 0.29) is 11.3 Å². The Kier molecular flexibility index (Phi) is 3.60. The molecule has 0 unspecified atom stereocenters. The Morgan fingerprint density at radius 3 is 1.86 bits per heavy atom. The molecule has 2 aromatic carbocycles. The number of hydrogen-bond acceptors (Lipinski definition) is 1. The van der Waals surface area contributed by atoms with Crippen molar-refractivity contribution in [3.8, 4) is 17.2 Å². The highest BCUT2D eigenvalue weighted by atomic mass is 19.2. The molecule has 0 atom stereocenters. The molecule has 21 heavy (non-hydrogen) atoms. The molecular weight excluding hydrogens is 291 g/mol. The molecule has 0 aromatic heterocycles. The van der Waals surface area contributed by atoms with Crippen LogP contribution in [0.5, 0.6) is 0 Å². The van der Waals surface area contributed by atoms with Crippen molar-refractivity contribution >= 4 is 5.69 Å². The van der Waals surface area contributed by atoms with Crippen LogP contribution in [-0.4, -0.2) is 0 Å². The van der Waals surface area contributed by atoms with Crippen LogP contribution in [0.2, 0.25) is 0 Å². The Bertz CT molecular complexity index is 769. The van der Waals surface area contributed by atoms with Gasteiger partial charge in [-0.1, -0.05) is 0 Å². The van der Waals surface area contributed by atoms with Crippen LogP contribution in [0, 0.1) is 47.0 Å². The smallest absolute Gasteiger partial charge is 0.200 e. The molecule has 0 saturated carbocycles. The second-order valence-electron chi connectivity index (χ2n) is 3.94. The van der Waals surface area contributed by atoms with Crippen molar-refractivity contribution in [3.05, 3.63) is 64.3 Å². The normalized spacial score (nSPS) is 10.0. The third-order valence-electron chi connectivity index (χ3n) is 2.67. The van der Waals surface area contributed by atoms with E-state index in [1.165, 1.54) is 0 Å². The first kappa shape index (κ1) is 14.5. The van der Waals surface area contributed by atoms with Crippen molar-refractivity contribution in [2.24, 2.45) is 0 Å². The van der Waals surface area contributed by atoms with E-state index in [1.807, 2.05) is 0 Å². The van der Waals surface area contributed by atoms with Gasteiger partial charge in [-0.3, -0.25) is 0 Å². The summed E-state index contributed by atoms with van der Waals surface area (Å²) in [5.74, 6) is -10.5. The van der Waals surface area contributed by atoms with Crippen molar-refractivity contribution < 1.29 is 22.0 Å². The highest BCUT2D eigenvalue weighted by Crippen LogP contribution is 2.34. The van der Waals surface area contributed by atoms with Crippen LogP contribution >= 0.6 is 0 Å². The van der Waals surface area contributed by atoms with Crippen LogP contribution in [0.4, 0.5) is 27.6 Å². The fourth-order valence-electron chi connectivity index (χ4n) is 1.74. The summed E-state index contributed by atoms with van der Waals surface area (Å²) in [7, 11) is 0. The lowest BCUT2D eigenvalue weighted by molar-refractivity contribution is 0.381. The molecule has 0 radical (unpaired) electrons. The Morgan fingerprint density at radius 1 is 0.857 bits per heavy atom. The zero-order chi connectivity index (χ0) is 15.7. The highest BCUT2D eigenvalue weighted by molar-refractivity contribution is 5.72. The molecule has 7 heteroatoms. The largest absolute Gasteiger partial charge is 0.238 e. The zero-order valence-corrected chi connectivity index (χ0v) is 10.0. The Morgan fingerprint density at radius 2 is 1.38 bits per heavy atom. The summed E-state index contributed by atoms with van der Waals surface area (Å²) >= 11 is 0. The summed E-state index contributed by atoms with van der Waals surface area (Å²) in [6.07, 6.45) is 0. The Labute approximate surface area is 115 Å². The molecule has 2 nitrogen and oxygen atoms in total. The first-order valence-corrected chi connectivity index (χ1v) is 5.35. The quantitative estimate of drug-likeness (QED) is 0.330. The lowest BCUT2D eigenvalue weighted by atomic mass is 10.0. The van der Waals surface area contributed by atoms with Gasteiger partial charge in [-0.05, 0) is 23.8 Å². The SMILES string of the molecule is [C-]#[N+]c1cc(C#N)cc(-c2c(F)c(F)c(F)c(F)c2F)c1. The second-order valence-corrected chi connectivity index (χ2v) is 3.94. The van der Waals surface area contributed by atoms with Gasteiger partial charge >= 0.3 is 0 Å². The lowest BCUT2D eigenvalue weighted by Crippen LogP contribution is -2.04. The van der Waals surface area contributed by atoms with Crippen LogP contribution in [0.3, 0.4) is 0 Å². The van der Waals surface area contributed by atoms with E-state index in [0.717, 1.165) is 18.2 Å². The molecule has 0 saturated heterocycles. The van der Waals surface area contributed by atoms with E-state index >= 15 is 0 Å². The van der Waals surface area contributed by atoms with E-state index in [9.17, 15) is 22.0 Å². The van der Waals surface area contributed by atoms with E-state index < -0.39 is 40.2 Å². The van der Waals surface area contributed by atoms with E-state index in [4.69, 9.17) is 11.8 Å². The number of halogens is 5. The van der Waals surface area contributed by atoms with Crippen molar-refractivity contribution in [2.45, 2.75) is 0 Å². The number of nitrogens with zero attached hydrogens (tertiary/aromatic N) is 2. The topological polar surface area (TPSA) is 28.1 Å². The number of hydrogen-bond donors (Lipinski definition) is 0. The van der Waals surface area contributed by atoms with Crippen LogP contribution < -0.4 is 0 Å². The molecule has 2 rings (SSSR count). The fourth-order valence-corrected chi connectivity index (χ4v) is 1.74. The van der Waals surface area contributed by atoms with E-state index in [1.54, 1.807) is 6.07 Å². The Balaban J connectivity index is 2.86. The summed E-state index contributed by atoms with van der Waals surface area (Å²) in [6, 6.07) is 4.64. The van der Waals surface area contributed by atoms with Gasteiger partial charge in [0, 0.05) is 5.56 Å². The molecule has 0 fully saturated rings. The maximum atomic E-state index is 13.7. The van der Waals surface area contributed by atoms with Crippen LogP contribution in [-0.2, 0) is 0 Å². The number of rotatable bonds is 1. The molecule has 0 aliphatic heterocycles. The maximum absolute atomic E-state index is 13.7. The molecule has 0 bridgehead atoms. The third kappa shape index (κ3) is 2.30. The predicted octanol–water partition coefficient (Wildman–Crippen LogP) is 4.47. The molecule has 0 spiro atoms. The van der Waals surface area contributed by atoms with Gasteiger partial charge in [-0.15, -0.1) is 0 Å². The first-order chi connectivity index (χ1) is 9.90. The van der Waals surface area contributed by atoms with Crippen LogP contribution in [0.25, 0.3) is 16.0 Å². The monoisotopic (exact) mass is 294 g/mol. The van der Waals surface area contributed by atoms with Gasteiger partial charge in [-0.2, -0.15) is 5.26 Å². The molecule has 0 aliphatic rings. The van der Waals surface area contributed by atoms with Gasteiger partial charge < -0.3 is 0 Å². The molecule has 2 aromatic rings. The summed E-state index contributed by atoms with van der Waals surface area (Å²) in [6.45, 7) is 6.82. The molecule has 0 heterocycles. The summed E-state index contributed by atoms with van der Waals surface area (Å²) in [4.78, 5) is 2.98. The van der Waals surface area contributed by atoms with E-state index in [2.05, 4.69) is 4.85 Å². The first-order valence-electron chi connectivity index (χ1n) is 5.35. The van der Waals surface area contributed by atoms with Gasteiger partial charge in [0.15, 0.2) is 29.0 Å². The van der Waals surface area contributed by atoms with E-state index in [0.29, 0.717) is 0 Å².